The Morgan fingerprint density at radius 2 is 1.74 bits per heavy atom. The largest absolute Gasteiger partial charge is 0.368 e. The molecule has 0 aliphatic carbocycles. The van der Waals surface area contributed by atoms with Gasteiger partial charge in [-0.3, -0.25) is 9.36 Å². The number of rotatable bonds is 5. The number of aromatic nitrogens is 4. The molecule has 0 spiro atoms. The number of anilines is 1. The van der Waals surface area contributed by atoms with Crippen molar-refractivity contribution in [3.05, 3.63) is 53.5 Å². The summed E-state index contributed by atoms with van der Waals surface area (Å²) in [5, 5.41) is 10.3. The molecule has 27 heavy (non-hydrogen) atoms. The van der Waals surface area contributed by atoms with Gasteiger partial charge in [-0.2, -0.15) is 0 Å². The zero-order valence-corrected chi connectivity index (χ0v) is 15.6. The standard InChI is InChI=1S/C18H21N7OS/c19-16(18-20-5-10-27-18)11-17(26)24-8-6-23(7-9-24)14-1-3-15(4-2-14)25-12-21-22-13-25/h1-5,10,12-13,16H,6-9,11,19H2. The predicted octanol–water partition coefficient (Wildman–Crippen LogP) is 1.46. The maximum Gasteiger partial charge on any atom is 0.224 e. The van der Waals surface area contributed by atoms with Gasteiger partial charge in [0.15, 0.2) is 0 Å². The van der Waals surface area contributed by atoms with Crippen LogP contribution in [0.5, 0.6) is 0 Å². The van der Waals surface area contributed by atoms with Crippen LogP contribution in [0.2, 0.25) is 0 Å². The monoisotopic (exact) mass is 383 g/mol. The van der Waals surface area contributed by atoms with E-state index in [1.165, 1.54) is 11.3 Å². The Morgan fingerprint density at radius 1 is 1.07 bits per heavy atom. The fourth-order valence-corrected chi connectivity index (χ4v) is 3.85. The molecule has 2 aromatic heterocycles. The van der Waals surface area contributed by atoms with E-state index in [0.29, 0.717) is 19.5 Å². The maximum absolute atomic E-state index is 12.5. The molecule has 8 nitrogen and oxygen atoms in total. The minimum absolute atomic E-state index is 0.0975. The normalized spacial score (nSPS) is 15.7. The lowest BCUT2D eigenvalue weighted by atomic mass is 10.2. The molecular formula is C18H21N7OS. The molecule has 2 N–H and O–H groups in total. The van der Waals surface area contributed by atoms with Gasteiger partial charge in [-0.15, -0.1) is 21.5 Å². The summed E-state index contributed by atoms with van der Waals surface area (Å²) in [4.78, 5) is 20.9. The van der Waals surface area contributed by atoms with Crippen LogP contribution in [0.15, 0.2) is 48.5 Å². The van der Waals surface area contributed by atoms with Crippen LogP contribution in [0.3, 0.4) is 0 Å². The molecule has 9 heteroatoms. The minimum Gasteiger partial charge on any atom is -0.368 e. The summed E-state index contributed by atoms with van der Waals surface area (Å²) in [6.45, 7) is 3.03. The molecule has 1 aliphatic heterocycles. The maximum atomic E-state index is 12.5. The molecule has 140 valence electrons. The highest BCUT2D eigenvalue weighted by atomic mass is 32.1. The van der Waals surface area contributed by atoms with E-state index in [9.17, 15) is 4.79 Å². The van der Waals surface area contributed by atoms with E-state index in [-0.39, 0.29) is 11.9 Å². The highest BCUT2D eigenvalue weighted by molar-refractivity contribution is 7.09. The second kappa shape index (κ2) is 7.85. The molecule has 0 saturated carbocycles. The Morgan fingerprint density at radius 3 is 2.37 bits per heavy atom. The summed E-state index contributed by atoms with van der Waals surface area (Å²) in [5.74, 6) is 0.0975. The first-order valence-corrected chi connectivity index (χ1v) is 9.71. The number of carbonyl (C=O) groups is 1. The van der Waals surface area contributed by atoms with E-state index in [2.05, 4.69) is 32.2 Å². The first-order chi connectivity index (χ1) is 13.2. The molecule has 4 rings (SSSR count). The van der Waals surface area contributed by atoms with Crippen LogP contribution in [-0.2, 0) is 4.79 Å². The van der Waals surface area contributed by atoms with Crippen LogP contribution in [0, 0.1) is 0 Å². The first kappa shape index (κ1) is 17.6. The second-order valence-corrected chi connectivity index (χ2v) is 7.36. The number of nitrogens with zero attached hydrogens (tertiary/aromatic N) is 6. The zero-order chi connectivity index (χ0) is 18.6. The molecule has 1 fully saturated rings. The van der Waals surface area contributed by atoms with Gasteiger partial charge >= 0.3 is 0 Å². The van der Waals surface area contributed by atoms with Crippen molar-refractivity contribution in [2.75, 3.05) is 31.1 Å². The molecule has 3 aromatic rings. The molecule has 1 amide bonds. The lowest BCUT2D eigenvalue weighted by Gasteiger charge is -2.36. The summed E-state index contributed by atoms with van der Waals surface area (Å²) in [5.41, 5.74) is 8.27. The molecule has 1 aliphatic rings. The van der Waals surface area contributed by atoms with Gasteiger partial charge in [-0.25, -0.2) is 4.98 Å². The van der Waals surface area contributed by atoms with Crippen LogP contribution in [-0.4, -0.2) is 56.7 Å². The van der Waals surface area contributed by atoms with Crippen molar-refractivity contribution >= 4 is 22.9 Å². The lowest BCUT2D eigenvalue weighted by Crippen LogP contribution is -2.49. The van der Waals surface area contributed by atoms with Crippen molar-refractivity contribution in [1.29, 1.82) is 0 Å². The van der Waals surface area contributed by atoms with E-state index in [1.807, 2.05) is 27.0 Å². The molecule has 1 unspecified atom stereocenters. The van der Waals surface area contributed by atoms with Crippen LogP contribution < -0.4 is 10.6 Å². The number of hydrogen-bond acceptors (Lipinski definition) is 7. The Hall–Kier alpha value is -2.78. The van der Waals surface area contributed by atoms with Crippen LogP contribution in [0.4, 0.5) is 5.69 Å². The summed E-state index contributed by atoms with van der Waals surface area (Å²) in [7, 11) is 0. The number of carbonyl (C=O) groups excluding carboxylic acids is 1. The zero-order valence-electron chi connectivity index (χ0n) is 14.8. The van der Waals surface area contributed by atoms with Crippen LogP contribution in [0.1, 0.15) is 17.5 Å². The van der Waals surface area contributed by atoms with Gasteiger partial charge in [0.2, 0.25) is 5.91 Å². The van der Waals surface area contributed by atoms with Crippen molar-refractivity contribution in [2.24, 2.45) is 5.73 Å². The van der Waals surface area contributed by atoms with Crippen molar-refractivity contribution in [3.8, 4) is 5.69 Å². The lowest BCUT2D eigenvalue weighted by molar-refractivity contribution is -0.131. The smallest absolute Gasteiger partial charge is 0.224 e. The van der Waals surface area contributed by atoms with E-state index in [0.717, 1.165) is 29.5 Å². The second-order valence-electron chi connectivity index (χ2n) is 6.43. The third-order valence-corrected chi connectivity index (χ3v) is 5.63. The summed E-state index contributed by atoms with van der Waals surface area (Å²) < 4.78 is 1.87. The number of hydrogen-bond donors (Lipinski definition) is 1. The number of piperazine rings is 1. The highest BCUT2D eigenvalue weighted by Crippen LogP contribution is 2.21. The molecule has 0 bridgehead atoms. The van der Waals surface area contributed by atoms with Gasteiger partial charge in [-0.05, 0) is 24.3 Å². The average Bonchev–Trinajstić information content (AvgIpc) is 3.42. The van der Waals surface area contributed by atoms with Gasteiger partial charge < -0.3 is 15.5 Å². The molecule has 1 aromatic carbocycles. The van der Waals surface area contributed by atoms with Crippen molar-refractivity contribution < 1.29 is 4.79 Å². The fourth-order valence-electron chi connectivity index (χ4n) is 3.21. The van der Waals surface area contributed by atoms with Gasteiger partial charge in [0.1, 0.15) is 17.7 Å². The first-order valence-electron chi connectivity index (χ1n) is 8.83. The quantitative estimate of drug-likeness (QED) is 0.717. The van der Waals surface area contributed by atoms with Gasteiger partial charge in [0.05, 0.1) is 6.04 Å². The number of benzene rings is 1. The number of thiazole rings is 1. The molecule has 3 heterocycles. The average molecular weight is 383 g/mol. The molecular weight excluding hydrogens is 362 g/mol. The number of nitrogens with two attached hydrogens (primary N) is 1. The Bertz CT molecular complexity index is 856. The van der Waals surface area contributed by atoms with Gasteiger partial charge in [0, 0.05) is 55.6 Å². The predicted molar refractivity (Wildman–Crippen MR) is 104 cm³/mol. The van der Waals surface area contributed by atoms with Gasteiger partial charge in [0.25, 0.3) is 0 Å². The third-order valence-electron chi connectivity index (χ3n) is 4.73. The van der Waals surface area contributed by atoms with Gasteiger partial charge in [-0.1, -0.05) is 0 Å². The highest BCUT2D eigenvalue weighted by Gasteiger charge is 2.23. The third kappa shape index (κ3) is 3.99. The molecule has 1 atom stereocenters. The SMILES string of the molecule is NC(CC(=O)N1CCN(c2ccc(-n3cnnc3)cc2)CC1)c1nccs1. The summed E-state index contributed by atoms with van der Waals surface area (Å²) in [6.07, 6.45) is 5.38. The van der Waals surface area contributed by atoms with Crippen molar-refractivity contribution in [2.45, 2.75) is 12.5 Å². The van der Waals surface area contributed by atoms with E-state index < -0.39 is 0 Å². The minimum atomic E-state index is -0.319. The fraction of sp³-hybridized carbons (Fsp3) is 0.333. The molecule has 0 radical (unpaired) electrons. The topological polar surface area (TPSA) is 93.2 Å². The van der Waals surface area contributed by atoms with E-state index >= 15 is 0 Å². The number of amides is 1. The summed E-state index contributed by atoms with van der Waals surface area (Å²) >= 11 is 1.49. The molecule has 1 saturated heterocycles. The Labute approximate surface area is 161 Å². The van der Waals surface area contributed by atoms with E-state index in [1.54, 1.807) is 18.9 Å². The Balaban J connectivity index is 1.31. The summed E-state index contributed by atoms with van der Waals surface area (Å²) in [6, 6.07) is 7.95. The Kier molecular flexibility index (Phi) is 5.12. The van der Waals surface area contributed by atoms with E-state index in [4.69, 9.17) is 5.73 Å². The van der Waals surface area contributed by atoms with Crippen LogP contribution in [0.25, 0.3) is 5.69 Å². The van der Waals surface area contributed by atoms with Crippen molar-refractivity contribution in [1.82, 2.24) is 24.6 Å². The van der Waals surface area contributed by atoms with Crippen LogP contribution >= 0.6 is 11.3 Å². The van der Waals surface area contributed by atoms with Crippen molar-refractivity contribution in [3.63, 3.8) is 0 Å².